The Morgan fingerprint density at radius 2 is 1.83 bits per heavy atom. The average Bonchev–Trinajstić information content (AvgIpc) is 2.74. The van der Waals surface area contributed by atoms with Gasteiger partial charge in [-0.25, -0.2) is 4.98 Å². The molecule has 2 aliphatic rings. The fraction of sp³-hybridized carbons (Fsp3) is 0.583. The summed E-state index contributed by atoms with van der Waals surface area (Å²) in [6.45, 7) is 12.0. The van der Waals surface area contributed by atoms with Crippen molar-refractivity contribution in [1.82, 2.24) is 9.88 Å². The number of fused-ring (bicyclic) bond motifs is 1. The number of pyridine rings is 1. The van der Waals surface area contributed by atoms with Crippen LogP contribution in [-0.4, -0.2) is 48.5 Å². The fourth-order valence-electron chi connectivity index (χ4n) is 4.68. The molecule has 0 atom stereocenters. The standard InChI is InChI=1S/C24H34N4O/c1-4-27-11-13-28(14-12-27)23-15-18(3)21-16-20(9-10-22(21)26-23)25-24(29)19-7-5-17(2)6-8-19/h9-10,15-17,19H,4-8,11-14H2,1-3H3,(H,25,29). The maximum Gasteiger partial charge on any atom is 0.227 e. The number of hydrogen-bond acceptors (Lipinski definition) is 4. The van der Waals surface area contributed by atoms with Gasteiger partial charge < -0.3 is 15.1 Å². The highest BCUT2D eigenvalue weighted by Crippen LogP contribution is 2.30. The Morgan fingerprint density at radius 1 is 1.10 bits per heavy atom. The van der Waals surface area contributed by atoms with Crippen molar-refractivity contribution in [3.8, 4) is 0 Å². The van der Waals surface area contributed by atoms with Crippen LogP contribution in [0.5, 0.6) is 0 Å². The minimum absolute atomic E-state index is 0.158. The highest BCUT2D eigenvalue weighted by atomic mass is 16.1. The summed E-state index contributed by atoms with van der Waals surface area (Å²) in [5.41, 5.74) is 3.10. The lowest BCUT2D eigenvalue weighted by Crippen LogP contribution is -2.46. The van der Waals surface area contributed by atoms with Crippen LogP contribution in [0.1, 0.15) is 45.1 Å². The van der Waals surface area contributed by atoms with E-state index in [0.29, 0.717) is 0 Å². The van der Waals surface area contributed by atoms with Gasteiger partial charge >= 0.3 is 0 Å². The fourth-order valence-corrected chi connectivity index (χ4v) is 4.68. The largest absolute Gasteiger partial charge is 0.354 e. The third kappa shape index (κ3) is 4.55. The van der Waals surface area contributed by atoms with Gasteiger partial charge in [-0.2, -0.15) is 0 Å². The molecule has 1 amide bonds. The summed E-state index contributed by atoms with van der Waals surface area (Å²) in [5, 5.41) is 4.27. The molecule has 1 saturated heterocycles. The minimum Gasteiger partial charge on any atom is -0.354 e. The zero-order valence-corrected chi connectivity index (χ0v) is 18.1. The van der Waals surface area contributed by atoms with Crippen molar-refractivity contribution >= 4 is 28.3 Å². The van der Waals surface area contributed by atoms with E-state index >= 15 is 0 Å². The number of benzene rings is 1. The molecule has 1 aromatic heterocycles. The van der Waals surface area contributed by atoms with Crippen molar-refractivity contribution in [1.29, 1.82) is 0 Å². The Bertz CT molecular complexity index is 865. The third-order valence-electron chi connectivity index (χ3n) is 6.80. The van der Waals surface area contributed by atoms with Crippen LogP contribution in [0.25, 0.3) is 10.9 Å². The van der Waals surface area contributed by atoms with Crippen LogP contribution in [0.2, 0.25) is 0 Å². The molecule has 1 saturated carbocycles. The zero-order chi connectivity index (χ0) is 20.4. The van der Waals surface area contributed by atoms with Crippen LogP contribution in [0.3, 0.4) is 0 Å². The Morgan fingerprint density at radius 3 is 2.52 bits per heavy atom. The SMILES string of the molecule is CCN1CCN(c2cc(C)c3cc(NC(=O)C4CCC(C)CC4)ccc3n2)CC1. The number of anilines is 2. The van der Waals surface area contributed by atoms with Gasteiger partial charge in [-0.05, 0) is 74.9 Å². The van der Waals surface area contributed by atoms with Crippen molar-refractivity contribution in [2.75, 3.05) is 42.9 Å². The van der Waals surface area contributed by atoms with E-state index in [2.05, 4.69) is 48.0 Å². The zero-order valence-electron chi connectivity index (χ0n) is 18.1. The van der Waals surface area contributed by atoms with Gasteiger partial charge in [0.1, 0.15) is 5.82 Å². The van der Waals surface area contributed by atoms with Crippen LogP contribution >= 0.6 is 0 Å². The van der Waals surface area contributed by atoms with E-state index in [1.807, 2.05) is 12.1 Å². The number of carbonyl (C=O) groups excluding carboxylic acids is 1. The molecular weight excluding hydrogens is 360 g/mol. The van der Waals surface area contributed by atoms with Gasteiger partial charge in [-0.15, -0.1) is 0 Å². The van der Waals surface area contributed by atoms with Gasteiger partial charge in [0.15, 0.2) is 0 Å². The molecule has 5 heteroatoms. The highest BCUT2D eigenvalue weighted by molar-refractivity contribution is 5.96. The number of aryl methyl sites for hydroxylation is 1. The predicted molar refractivity (Wildman–Crippen MR) is 121 cm³/mol. The van der Waals surface area contributed by atoms with Crippen LogP contribution in [0.15, 0.2) is 24.3 Å². The van der Waals surface area contributed by atoms with Gasteiger partial charge in [0, 0.05) is 43.2 Å². The first kappa shape index (κ1) is 20.1. The number of piperazine rings is 1. The van der Waals surface area contributed by atoms with Gasteiger partial charge in [0.2, 0.25) is 5.91 Å². The van der Waals surface area contributed by atoms with Crippen molar-refractivity contribution < 1.29 is 4.79 Å². The summed E-state index contributed by atoms with van der Waals surface area (Å²) in [6.07, 6.45) is 4.34. The van der Waals surface area contributed by atoms with Gasteiger partial charge in [0.25, 0.3) is 0 Å². The summed E-state index contributed by atoms with van der Waals surface area (Å²) >= 11 is 0. The molecule has 5 nitrogen and oxygen atoms in total. The van der Waals surface area contributed by atoms with E-state index in [9.17, 15) is 4.79 Å². The lowest BCUT2D eigenvalue weighted by atomic mass is 9.82. The smallest absolute Gasteiger partial charge is 0.227 e. The number of amides is 1. The molecule has 29 heavy (non-hydrogen) atoms. The number of rotatable bonds is 4. The van der Waals surface area contributed by atoms with Crippen LogP contribution < -0.4 is 10.2 Å². The molecule has 4 rings (SSSR count). The van der Waals surface area contributed by atoms with E-state index in [4.69, 9.17) is 4.98 Å². The van der Waals surface area contributed by atoms with E-state index in [-0.39, 0.29) is 11.8 Å². The Labute approximate surface area is 174 Å². The van der Waals surface area contributed by atoms with E-state index in [0.717, 1.165) is 86.7 Å². The van der Waals surface area contributed by atoms with Crippen LogP contribution in [-0.2, 0) is 4.79 Å². The van der Waals surface area contributed by atoms with Crippen LogP contribution in [0.4, 0.5) is 11.5 Å². The molecule has 1 aliphatic heterocycles. The predicted octanol–water partition coefficient (Wildman–Crippen LogP) is 4.45. The van der Waals surface area contributed by atoms with Crippen molar-refractivity contribution in [2.45, 2.75) is 46.5 Å². The molecule has 156 valence electrons. The number of nitrogens with zero attached hydrogens (tertiary/aromatic N) is 3. The van der Waals surface area contributed by atoms with E-state index < -0.39 is 0 Å². The lowest BCUT2D eigenvalue weighted by molar-refractivity contribution is -0.121. The van der Waals surface area contributed by atoms with Gasteiger partial charge in [-0.3, -0.25) is 4.79 Å². The summed E-state index contributed by atoms with van der Waals surface area (Å²) < 4.78 is 0. The summed E-state index contributed by atoms with van der Waals surface area (Å²) in [4.78, 5) is 22.5. The van der Waals surface area contributed by atoms with Gasteiger partial charge in [-0.1, -0.05) is 13.8 Å². The molecule has 0 bridgehead atoms. The van der Waals surface area contributed by atoms with Crippen LogP contribution in [0, 0.1) is 18.8 Å². The maximum absolute atomic E-state index is 12.7. The normalized spacial score (nSPS) is 23.3. The Hall–Kier alpha value is -2.14. The third-order valence-corrected chi connectivity index (χ3v) is 6.80. The van der Waals surface area contributed by atoms with E-state index in [1.165, 1.54) is 5.56 Å². The number of hydrogen-bond donors (Lipinski definition) is 1. The summed E-state index contributed by atoms with van der Waals surface area (Å²) in [6, 6.07) is 8.32. The lowest BCUT2D eigenvalue weighted by Gasteiger charge is -2.35. The molecule has 0 radical (unpaired) electrons. The molecule has 1 aliphatic carbocycles. The summed E-state index contributed by atoms with van der Waals surface area (Å²) in [5.74, 6) is 2.16. The molecule has 2 aromatic rings. The molecule has 2 heterocycles. The second-order valence-electron chi connectivity index (χ2n) is 8.90. The van der Waals surface area contributed by atoms with Crippen molar-refractivity contribution in [3.63, 3.8) is 0 Å². The average molecular weight is 395 g/mol. The molecule has 0 spiro atoms. The van der Waals surface area contributed by atoms with Crippen molar-refractivity contribution in [2.24, 2.45) is 11.8 Å². The topological polar surface area (TPSA) is 48.5 Å². The molecule has 2 fully saturated rings. The monoisotopic (exact) mass is 394 g/mol. The second-order valence-corrected chi connectivity index (χ2v) is 8.90. The first-order chi connectivity index (χ1) is 14.0. The maximum atomic E-state index is 12.7. The Balaban J connectivity index is 1.48. The quantitative estimate of drug-likeness (QED) is 0.832. The number of carbonyl (C=O) groups is 1. The highest BCUT2D eigenvalue weighted by Gasteiger charge is 2.24. The van der Waals surface area contributed by atoms with Crippen molar-refractivity contribution in [3.05, 3.63) is 29.8 Å². The van der Waals surface area contributed by atoms with E-state index in [1.54, 1.807) is 0 Å². The number of nitrogens with one attached hydrogen (secondary N) is 1. The molecule has 1 N–H and O–H groups in total. The molecular formula is C24H34N4O. The molecule has 1 aromatic carbocycles. The first-order valence-electron chi connectivity index (χ1n) is 11.2. The first-order valence-corrected chi connectivity index (χ1v) is 11.2. The van der Waals surface area contributed by atoms with Gasteiger partial charge in [0.05, 0.1) is 5.52 Å². The minimum atomic E-state index is 0.158. The second kappa shape index (κ2) is 8.70. The Kier molecular flexibility index (Phi) is 6.04. The summed E-state index contributed by atoms with van der Waals surface area (Å²) in [7, 11) is 0. The number of aromatic nitrogens is 1. The molecule has 0 unspecified atom stereocenters. The number of likely N-dealkylation sites (N-methyl/N-ethyl adjacent to an activating group) is 1.